The molecule has 0 spiro atoms. The largest absolute Gasteiger partial charge is 0.355 e. The van der Waals surface area contributed by atoms with Gasteiger partial charge in [0, 0.05) is 17.7 Å². The highest BCUT2D eigenvalue weighted by molar-refractivity contribution is 6.03. The molecule has 1 amide bonds. The number of amides is 1. The van der Waals surface area contributed by atoms with Crippen molar-refractivity contribution in [2.24, 2.45) is 0 Å². The van der Waals surface area contributed by atoms with E-state index in [-0.39, 0.29) is 11.4 Å². The third kappa shape index (κ3) is 3.26. The molecule has 0 saturated heterocycles. The zero-order chi connectivity index (χ0) is 16.4. The van der Waals surface area contributed by atoms with Crippen molar-refractivity contribution in [1.82, 2.24) is 5.16 Å². The lowest BCUT2D eigenvalue weighted by Crippen LogP contribution is -2.13. The molecule has 0 aliphatic heterocycles. The Labute approximate surface area is 130 Å². The van der Waals surface area contributed by atoms with Gasteiger partial charge < -0.3 is 9.84 Å². The number of nitrogens with one attached hydrogen (secondary N) is 1. The fourth-order valence-electron chi connectivity index (χ4n) is 2.01. The van der Waals surface area contributed by atoms with Crippen LogP contribution in [0.25, 0.3) is 11.3 Å². The molecule has 0 aliphatic carbocycles. The molecule has 0 aliphatic rings. The lowest BCUT2D eigenvalue weighted by Gasteiger charge is -2.03. The average Bonchev–Trinajstić information content (AvgIpc) is 3.01. The predicted molar refractivity (Wildman–Crippen MR) is 81.0 cm³/mol. The molecule has 0 fully saturated rings. The number of halogens is 2. The van der Waals surface area contributed by atoms with Crippen molar-refractivity contribution in [3.63, 3.8) is 0 Å². The smallest absolute Gasteiger partial charge is 0.277 e. The highest BCUT2D eigenvalue weighted by Crippen LogP contribution is 2.22. The first kappa shape index (κ1) is 14.9. The van der Waals surface area contributed by atoms with Crippen LogP contribution in [-0.4, -0.2) is 11.1 Å². The van der Waals surface area contributed by atoms with Crippen LogP contribution in [0.4, 0.5) is 14.5 Å². The van der Waals surface area contributed by atoms with Gasteiger partial charge in [-0.1, -0.05) is 35.0 Å². The highest BCUT2D eigenvalue weighted by atomic mass is 19.1. The van der Waals surface area contributed by atoms with Crippen LogP contribution in [0.1, 0.15) is 16.1 Å². The number of carbonyl (C=O) groups excluding carboxylic acids is 1. The van der Waals surface area contributed by atoms with Crippen LogP contribution in [-0.2, 0) is 0 Å². The molecule has 2 aromatic carbocycles. The Morgan fingerprint density at radius 1 is 1.09 bits per heavy atom. The van der Waals surface area contributed by atoms with Crippen LogP contribution < -0.4 is 5.32 Å². The molecule has 1 aromatic heterocycles. The zero-order valence-corrected chi connectivity index (χ0v) is 12.1. The summed E-state index contributed by atoms with van der Waals surface area (Å²) in [5, 5.41) is 6.00. The first-order chi connectivity index (χ1) is 11.0. The Bertz CT molecular complexity index is 857. The number of aryl methyl sites for hydroxylation is 1. The molecule has 116 valence electrons. The summed E-state index contributed by atoms with van der Waals surface area (Å²) >= 11 is 0. The van der Waals surface area contributed by atoms with Crippen LogP contribution in [0.2, 0.25) is 0 Å². The lowest BCUT2D eigenvalue weighted by atomic mass is 10.1. The maximum atomic E-state index is 13.5. The van der Waals surface area contributed by atoms with Gasteiger partial charge in [0.05, 0.1) is 5.69 Å². The first-order valence-corrected chi connectivity index (χ1v) is 6.83. The minimum Gasteiger partial charge on any atom is -0.355 e. The molecule has 1 N–H and O–H groups in total. The Kier molecular flexibility index (Phi) is 3.89. The van der Waals surface area contributed by atoms with E-state index in [2.05, 4.69) is 10.5 Å². The van der Waals surface area contributed by atoms with E-state index < -0.39 is 17.5 Å². The van der Waals surface area contributed by atoms with Crippen molar-refractivity contribution in [2.75, 3.05) is 5.32 Å². The van der Waals surface area contributed by atoms with Crippen molar-refractivity contribution in [3.05, 3.63) is 71.4 Å². The molecule has 0 atom stereocenters. The minimum absolute atomic E-state index is 0.00398. The maximum absolute atomic E-state index is 13.5. The molecule has 0 saturated carbocycles. The molecular formula is C17H12F2N2O2. The molecule has 6 heteroatoms. The van der Waals surface area contributed by atoms with Gasteiger partial charge in [-0.25, -0.2) is 8.78 Å². The van der Waals surface area contributed by atoms with Crippen LogP contribution in [0.5, 0.6) is 0 Å². The zero-order valence-electron chi connectivity index (χ0n) is 12.1. The second-order valence-corrected chi connectivity index (χ2v) is 5.02. The van der Waals surface area contributed by atoms with Gasteiger partial charge in [-0.3, -0.25) is 4.79 Å². The summed E-state index contributed by atoms with van der Waals surface area (Å²) in [6.07, 6.45) is 0. The number of hydrogen-bond donors (Lipinski definition) is 1. The van der Waals surface area contributed by atoms with Crippen molar-refractivity contribution < 1.29 is 18.1 Å². The van der Waals surface area contributed by atoms with Crippen LogP contribution in [0, 0.1) is 18.6 Å². The third-order valence-electron chi connectivity index (χ3n) is 3.26. The van der Waals surface area contributed by atoms with Gasteiger partial charge in [0.2, 0.25) is 0 Å². The Morgan fingerprint density at radius 2 is 1.83 bits per heavy atom. The molecule has 0 bridgehead atoms. The van der Waals surface area contributed by atoms with Crippen LogP contribution in [0.15, 0.2) is 53.1 Å². The Morgan fingerprint density at radius 3 is 2.52 bits per heavy atom. The summed E-state index contributed by atoms with van der Waals surface area (Å²) in [6, 6.07) is 11.9. The number of carbonyl (C=O) groups is 1. The molecule has 0 radical (unpaired) electrons. The monoisotopic (exact) mass is 314 g/mol. The molecule has 4 nitrogen and oxygen atoms in total. The van der Waals surface area contributed by atoms with E-state index in [1.165, 1.54) is 6.07 Å². The van der Waals surface area contributed by atoms with Gasteiger partial charge in [0.1, 0.15) is 11.6 Å². The SMILES string of the molecule is Cc1ccc(-c2cc(C(=O)Nc3ccc(F)cc3F)no2)cc1. The van der Waals surface area contributed by atoms with Crippen LogP contribution in [0.3, 0.4) is 0 Å². The summed E-state index contributed by atoms with van der Waals surface area (Å²) in [7, 11) is 0. The molecule has 3 aromatic rings. The minimum atomic E-state index is -0.861. The number of aromatic nitrogens is 1. The van der Waals surface area contributed by atoms with Gasteiger partial charge in [-0.2, -0.15) is 0 Å². The molecular weight excluding hydrogens is 302 g/mol. The molecule has 23 heavy (non-hydrogen) atoms. The van der Waals surface area contributed by atoms with E-state index in [0.717, 1.165) is 23.3 Å². The van der Waals surface area contributed by atoms with Crippen molar-refractivity contribution in [3.8, 4) is 11.3 Å². The normalized spacial score (nSPS) is 10.6. The quantitative estimate of drug-likeness (QED) is 0.789. The van der Waals surface area contributed by atoms with Gasteiger partial charge in [-0.05, 0) is 19.1 Å². The fourth-order valence-corrected chi connectivity index (χ4v) is 2.01. The fraction of sp³-hybridized carbons (Fsp3) is 0.0588. The van der Waals surface area contributed by atoms with E-state index in [1.807, 2.05) is 31.2 Å². The number of nitrogens with zero attached hydrogens (tertiary/aromatic N) is 1. The summed E-state index contributed by atoms with van der Waals surface area (Å²) in [5.74, 6) is -1.79. The van der Waals surface area contributed by atoms with Crippen molar-refractivity contribution >= 4 is 11.6 Å². The number of hydrogen-bond acceptors (Lipinski definition) is 3. The van der Waals surface area contributed by atoms with Gasteiger partial charge in [0.15, 0.2) is 11.5 Å². The highest BCUT2D eigenvalue weighted by Gasteiger charge is 2.15. The standard InChI is InChI=1S/C17H12F2N2O2/c1-10-2-4-11(5-3-10)16-9-15(21-23-16)17(22)20-14-7-6-12(18)8-13(14)19/h2-9H,1H3,(H,20,22). The second-order valence-electron chi connectivity index (χ2n) is 5.02. The van der Waals surface area contributed by atoms with E-state index in [9.17, 15) is 13.6 Å². The van der Waals surface area contributed by atoms with Crippen LogP contribution >= 0.6 is 0 Å². The number of rotatable bonds is 3. The van der Waals surface area contributed by atoms with Gasteiger partial charge >= 0.3 is 0 Å². The van der Waals surface area contributed by atoms with E-state index in [1.54, 1.807) is 0 Å². The maximum Gasteiger partial charge on any atom is 0.277 e. The van der Waals surface area contributed by atoms with Gasteiger partial charge in [0.25, 0.3) is 5.91 Å². The summed E-state index contributed by atoms with van der Waals surface area (Å²) in [4.78, 5) is 12.1. The summed E-state index contributed by atoms with van der Waals surface area (Å²) in [6.45, 7) is 1.96. The Hall–Kier alpha value is -3.02. The number of benzene rings is 2. The third-order valence-corrected chi connectivity index (χ3v) is 3.26. The summed E-state index contributed by atoms with van der Waals surface area (Å²) in [5.41, 5.74) is 1.74. The molecule has 0 unspecified atom stereocenters. The average molecular weight is 314 g/mol. The molecule has 3 rings (SSSR count). The van der Waals surface area contributed by atoms with E-state index in [0.29, 0.717) is 11.8 Å². The second kappa shape index (κ2) is 6.00. The van der Waals surface area contributed by atoms with E-state index in [4.69, 9.17) is 4.52 Å². The van der Waals surface area contributed by atoms with Crippen molar-refractivity contribution in [2.45, 2.75) is 6.92 Å². The molecule has 1 heterocycles. The number of anilines is 1. The van der Waals surface area contributed by atoms with Gasteiger partial charge in [-0.15, -0.1) is 0 Å². The lowest BCUT2D eigenvalue weighted by molar-refractivity contribution is 0.101. The topological polar surface area (TPSA) is 55.1 Å². The summed E-state index contributed by atoms with van der Waals surface area (Å²) < 4.78 is 31.5. The predicted octanol–water partition coefficient (Wildman–Crippen LogP) is 4.18. The first-order valence-electron chi connectivity index (χ1n) is 6.83. The Balaban J connectivity index is 1.79. The van der Waals surface area contributed by atoms with Crippen molar-refractivity contribution in [1.29, 1.82) is 0 Å². The van der Waals surface area contributed by atoms with E-state index >= 15 is 0 Å².